The van der Waals surface area contributed by atoms with Crippen LogP contribution in [0.4, 0.5) is 4.39 Å². The second-order valence-electron chi connectivity index (χ2n) is 8.68. The lowest BCUT2D eigenvalue weighted by Crippen LogP contribution is -2.49. The van der Waals surface area contributed by atoms with Crippen LogP contribution < -0.4 is 10.9 Å². The van der Waals surface area contributed by atoms with Crippen molar-refractivity contribution in [3.63, 3.8) is 0 Å². The van der Waals surface area contributed by atoms with E-state index in [1.807, 2.05) is 0 Å². The molecule has 0 saturated carbocycles. The summed E-state index contributed by atoms with van der Waals surface area (Å²) in [6.45, 7) is 3.54. The molecule has 0 aliphatic carbocycles. The number of nitrogens with zero attached hydrogens (tertiary/aromatic N) is 2. The molecule has 0 aliphatic heterocycles. The number of aromatic hydroxyl groups is 1. The van der Waals surface area contributed by atoms with E-state index in [0.717, 1.165) is 11.1 Å². The normalized spacial score (nSPS) is 12.2. The van der Waals surface area contributed by atoms with Crippen molar-refractivity contribution in [2.24, 2.45) is 7.05 Å². The fourth-order valence-electron chi connectivity index (χ4n) is 4.07. The topological polar surface area (TPSA) is 142 Å². The first-order valence-corrected chi connectivity index (χ1v) is 13.0. The van der Waals surface area contributed by atoms with E-state index < -0.39 is 42.1 Å². The Bertz CT molecular complexity index is 1350. The Hall–Kier alpha value is -3.07. The van der Waals surface area contributed by atoms with E-state index in [9.17, 15) is 33.4 Å². The summed E-state index contributed by atoms with van der Waals surface area (Å²) in [5.41, 5.74) is -0.230. The number of aryl methyl sites for hydroxylation is 1. The van der Waals surface area contributed by atoms with E-state index in [0.29, 0.717) is 24.8 Å². The minimum Gasteiger partial charge on any atom is -0.505 e. The molecule has 188 valence electrons. The number of pyridine rings is 2. The summed E-state index contributed by atoms with van der Waals surface area (Å²) in [5.74, 6) is -1.75. The molecule has 0 saturated heterocycles. The molecular weight excluding hydrogens is 476 g/mol. The van der Waals surface area contributed by atoms with Gasteiger partial charge in [0.05, 0.1) is 11.7 Å². The van der Waals surface area contributed by atoms with Crippen LogP contribution in [0.1, 0.15) is 54.6 Å². The summed E-state index contributed by atoms with van der Waals surface area (Å²) in [6, 6.07) is 7.66. The Kier molecular flexibility index (Phi) is 7.79. The van der Waals surface area contributed by atoms with E-state index >= 15 is 0 Å². The van der Waals surface area contributed by atoms with Gasteiger partial charge in [-0.05, 0) is 55.0 Å². The maximum atomic E-state index is 13.2. The van der Waals surface area contributed by atoms with Gasteiger partial charge in [0.1, 0.15) is 16.9 Å². The van der Waals surface area contributed by atoms with Gasteiger partial charge in [0, 0.05) is 18.8 Å². The molecule has 3 aromatic rings. The van der Waals surface area contributed by atoms with Crippen LogP contribution in [0.5, 0.6) is 5.75 Å². The van der Waals surface area contributed by atoms with Gasteiger partial charge in [-0.3, -0.25) is 19.1 Å². The van der Waals surface area contributed by atoms with Crippen LogP contribution in [-0.4, -0.2) is 42.1 Å². The van der Waals surface area contributed by atoms with Gasteiger partial charge in [-0.25, -0.2) is 4.39 Å². The van der Waals surface area contributed by atoms with Gasteiger partial charge < -0.3 is 24.8 Å². The fraction of sp³-hybridized carbons (Fsp3) is 0.375. The molecule has 9 nitrogen and oxygen atoms in total. The molecular formula is C24H29FN3O6P. The van der Waals surface area contributed by atoms with Gasteiger partial charge >= 0.3 is 7.60 Å². The number of amides is 1. The lowest BCUT2D eigenvalue weighted by Gasteiger charge is -2.33. The van der Waals surface area contributed by atoms with E-state index in [2.05, 4.69) is 10.3 Å². The fourth-order valence-corrected chi connectivity index (χ4v) is 4.79. The van der Waals surface area contributed by atoms with Crippen LogP contribution in [0, 0.1) is 5.82 Å². The number of halogens is 1. The molecule has 0 unspecified atom stereocenters. The molecule has 1 amide bonds. The Balaban J connectivity index is 1.98. The number of aromatic nitrogens is 2. The smallest absolute Gasteiger partial charge is 0.325 e. The summed E-state index contributed by atoms with van der Waals surface area (Å²) in [5, 5.41) is 13.6. The Labute approximate surface area is 201 Å². The molecule has 1 aromatic carbocycles. The first-order chi connectivity index (χ1) is 16.4. The Morgan fingerprint density at radius 3 is 2.37 bits per heavy atom. The standard InChI is InChI=1S/C24H29FN3O6P/c1-4-24(5-2,10-11-35(32,33)34)27-22(30)19-21(29)20-18(28(3)23(19)31)13-16(14-26-20)12-15-6-8-17(25)9-7-15/h6-9,13-14,29H,4-5,10-12H2,1-3H3,(H,27,30)(H2,32,33,34). The van der Waals surface area contributed by atoms with E-state index in [1.54, 1.807) is 32.0 Å². The van der Waals surface area contributed by atoms with Crippen LogP contribution in [0.3, 0.4) is 0 Å². The van der Waals surface area contributed by atoms with Crippen LogP contribution in [0.2, 0.25) is 0 Å². The summed E-state index contributed by atoms with van der Waals surface area (Å²) in [4.78, 5) is 49.0. The molecule has 2 aromatic heterocycles. The number of nitrogens with one attached hydrogen (secondary N) is 1. The van der Waals surface area contributed by atoms with Crippen LogP contribution >= 0.6 is 7.60 Å². The lowest BCUT2D eigenvalue weighted by atomic mass is 9.89. The monoisotopic (exact) mass is 505 g/mol. The van der Waals surface area contributed by atoms with E-state index in [1.165, 1.54) is 29.9 Å². The molecule has 11 heteroatoms. The van der Waals surface area contributed by atoms with Crippen molar-refractivity contribution < 1.29 is 28.6 Å². The zero-order valence-electron chi connectivity index (χ0n) is 19.8. The van der Waals surface area contributed by atoms with Crippen molar-refractivity contribution in [1.82, 2.24) is 14.9 Å². The van der Waals surface area contributed by atoms with Gasteiger partial charge in [0.15, 0.2) is 5.75 Å². The third-order valence-corrected chi connectivity index (χ3v) is 7.23. The average Bonchev–Trinajstić information content (AvgIpc) is 2.81. The number of fused-ring (bicyclic) bond motifs is 1. The molecule has 35 heavy (non-hydrogen) atoms. The summed E-state index contributed by atoms with van der Waals surface area (Å²) in [6.07, 6.45) is 2.27. The van der Waals surface area contributed by atoms with Gasteiger partial charge in [-0.1, -0.05) is 26.0 Å². The number of carbonyl (C=O) groups is 1. The molecule has 0 spiro atoms. The number of hydrogen-bond acceptors (Lipinski definition) is 5. The van der Waals surface area contributed by atoms with Crippen LogP contribution in [-0.2, 0) is 18.0 Å². The summed E-state index contributed by atoms with van der Waals surface area (Å²) < 4.78 is 25.8. The SMILES string of the molecule is CCC(CC)(CCP(=O)(O)O)NC(=O)c1c(O)c2ncc(Cc3ccc(F)cc3)cc2n(C)c1=O. The van der Waals surface area contributed by atoms with Crippen molar-refractivity contribution in [2.75, 3.05) is 6.16 Å². The molecule has 4 N–H and O–H groups in total. The largest absolute Gasteiger partial charge is 0.505 e. The number of hydrogen-bond donors (Lipinski definition) is 4. The number of benzene rings is 1. The number of carbonyl (C=O) groups excluding carboxylic acids is 1. The van der Waals surface area contributed by atoms with Crippen LogP contribution in [0.25, 0.3) is 11.0 Å². The molecule has 0 atom stereocenters. The van der Waals surface area contributed by atoms with Gasteiger partial charge in [0.2, 0.25) is 0 Å². The predicted octanol–water partition coefficient (Wildman–Crippen LogP) is 3.23. The predicted molar refractivity (Wildman–Crippen MR) is 130 cm³/mol. The minimum absolute atomic E-state index is 0.00960. The van der Waals surface area contributed by atoms with Crippen molar-refractivity contribution in [3.05, 3.63) is 69.4 Å². The summed E-state index contributed by atoms with van der Waals surface area (Å²) in [7, 11) is -2.83. The lowest BCUT2D eigenvalue weighted by molar-refractivity contribution is 0.0882. The van der Waals surface area contributed by atoms with Crippen molar-refractivity contribution in [2.45, 2.75) is 45.1 Å². The first-order valence-electron chi connectivity index (χ1n) is 11.2. The molecule has 0 bridgehead atoms. The highest BCUT2D eigenvalue weighted by Gasteiger charge is 2.33. The maximum absolute atomic E-state index is 13.2. The van der Waals surface area contributed by atoms with Crippen molar-refractivity contribution in [3.8, 4) is 5.75 Å². The van der Waals surface area contributed by atoms with E-state index in [4.69, 9.17) is 0 Å². The average molecular weight is 505 g/mol. The zero-order chi connectivity index (χ0) is 26.0. The van der Waals surface area contributed by atoms with E-state index in [-0.39, 0.29) is 17.8 Å². The van der Waals surface area contributed by atoms with Crippen molar-refractivity contribution >= 4 is 24.5 Å². The molecule has 2 heterocycles. The van der Waals surface area contributed by atoms with Crippen LogP contribution in [0.15, 0.2) is 41.3 Å². The Morgan fingerprint density at radius 1 is 1.17 bits per heavy atom. The highest BCUT2D eigenvalue weighted by atomic mass is 31.2. The molecule has 3 rings (SSSR count). The van der Waals surface area contributed by atoms with Crippen molar-refractivity contribution in [1.29, 1.82) is 0 Å². The summed E-state index contributed by atoms with van der Waals surface area (Å²) >= 11 is 0. The van der Waals surface area contributed by atoms with Gasteiger partial charge in [-0.2, -0.15) is 0 Å². The molecule has 0 aliphatic rings. The van der Waals surface area contributed by atoms with Gasteiger partial charge in [0.25, 0.3) is 11.5 Å². The first kappa shape index (κ1) is 26.5. The number of rotatable bonds is 9. The highest BCUT2D eigenvalue weighted by Crippen LogP contribution is 2.38. The molecule has 0 radical (unpaired) electrons. The van der Waals surface area contributed by atoms with Gasteiger partial charge in [-0.15, -0.1) is 0 Å². The third-order valence-electron chi connectivity index (χ3n) is 6.43. The Morgan fingerprint density at radius 2 is 1.80 bits per heavy atom. The maximum Gasteiger partial charge on any atom is 0.325 e. The second kappa shape index (κ2) is 10.3. The minimum atomic E-state index is -4.29. The molecule has 0 fully saturated rings. The zero-order valence-corrected chi connectivity index (χ0v) is 20.7. The quantitative estimate of drug-likeness (QED) is 0.327. The third kappa shape index (κ3) is 5.96. The second-order valence-corrected chi connectivity index (χ2v) is 10.5. The highest BCUT2D eigenvalue weighted by molar-refractivity contribution is 7.51.